The van der Waals surface area contributed by atoms with E-state index in [2.05, 4.69) is 15.6 Å². The Labute approximate surface area is 321 Å². The van der Waals surface area contributed by atoms with Gasteiger partial charge in [0.25, 0.3) is 0 Å². The third-order valence-corrected chi connectivity index (χ3v) is 8.61. The van der Waals surface area contributed by atoms with Crippen molar-refractivity contribution in [2.75, 3.05) is 41.0 Å². The van der Waals surface area contributed by atoms with E-state index in [9.17, 15) is 24.3 Å². The molecule has 7 N–H and O–H groups in total. The SMILES string of the molecule is CN=C(N)NCCC[C@@H](NC(=O)CCCOc1cc2oc3cc(OCCCC(N)=O)c(OC)c(CC=C(C)C)c3c(=O)c2c(O)c1CC=C(C)C)C(=O)OC. The molecule has 3 rings (SSSR count). The number of nitrogens with two attached hydrogens (primary N) is 2. The largest absolute Gasteiger partial charge is 0.507 e. The van der Waals surface area contributed by atoms with Crippen molar-refractivity contribution in [1.82, 2.24) is 10.6 Å². The summed E-state index contributed by atoms with van der Waals surface area (Å²) in [5.74, 6) is -0.436. The van der Waals surface area contributed by atoms with Crippen LogP contribution in [0.5, 0.6) is 23.0 Å². The number of phenolic OH excluding ortho intramolecular Hbond substituents is 1. The van der Waals surface area contributed by atoms with Crippen molar-refractivity contribution >= 4 is 45.7 Å². The lowest BCUT2D eigenvalue weighted by molar-refractivity contribution is -0.145. The van der Waals surface area contributed by atoms with Gasteiger partial charge in [0.05, 0.1) is 32.8 Å². The lowest BCUT2D eigenvalue weighted by Gasteiger charge is -2.18. The van der Waals surface area contributed by atoms with E-state index in [-0.39, 0.29) is 84.2 Å². The van der Waals surface area contributed by atoms with Crippen LogP contribution in [0, 0.1) is 0 Å². The number of carbonyl (C=O) groups is 3. The second-order valence-electron chi connectivity index (χ2n) is 13.4. The number of methoxy groups -OCH3 is 2. The molecule has 0 radical (unpaired) electrons. The predicted octanol–water partition coefficient (Wildman–Crippen LogP) is 4.45. The van der Waals surface area contributed by atoms with Crippen LogP contribution in [0.1, 0.15) is 77.3 Å². The van der Waals surface area contributed by atoms with E-state index < -0.39 is 23.3 Å². The second kappa shape index (κ2) is 21.2. The van der Waals surface area contributed by atoms with Crippen LogP contribution in [0.4, 0.5) is 0 Å². The number of hydrogen-bond acceptors (Lipinski definition) is 11. The van der Waals surface area contributed by atoms with Gasteiger partial charge in [0.1, 0.15) is 34.1 Å². The third kappa shape index (κ3) is 12.4. The Morgan fingerprint density at radius 1 is 0.891 bits per heavy atom. The Kier molecular flexibility index (Phi) is 16.9. The molecule has 300 valence electrons. The number of nitrogens with zero attached hydrogens (tertiary/aromatic N) is 1. The van der Waals surface area contributed by atoms with Gasteiger partial charge in [-0.1, -0.05) is 23.3 Å². The number of fused-ring (bicyclic) bond motifs is 2. The summed E-state index contributed by atoms with van der Waals surface area (Å²) in [7, 11) is 4.29. The van der Waals surface area contributed by atoms with Gasteiger partial charge in [-0.25, -0.2) is 4.79 Å². The number of nitrogens with one attached hydrogen (secondary N) is 2. The molecule has 0 aliphatic heterocycles. The molecule has 0 saturated carbocycles. The van der Waals surface area contributed by atoms with Gasteiger partial charge >= 0.3 is 5.97 Å². The fourth-order valence-electron chi connectivity index (χ4n) is 5.77. The van der Waals surface area contributed by atoms with Crippen LogP contribution in [0.25, 0.3) is 21.9 Å². The number of primary amides is 1. The fraction of sp³-hybridized carbons (Fsp3) is 0.475. The highest BCUT2D eigenvalue weighted by atomic mass is 16.5. The highest BCUT2D eigenvalue weighted by Gasteiger charge is 2.25. The highest BCUT2D eigenvalue weighted by molar-refractivity contribution is 5.98. The summed E-state index contributed by atoms with van der Waals surface area (Å²) in [4.78, 5) is 54.6. The van der Waals surface area contributed by atoms with Gasteiger partial charge in [0.15, 0.2) is 17.5 Å². The monoisotopic (exact) mass is 765 g/mol. The summed E-state index contributed by atoms with van der Waals surface area (Å²) in [6.07, 6.45) is 6.12. The molecule has 1 heterocycles. The van der Waals surface area contributed by atoms with Gasteiger partial charge in [-0.15, -0.1) is 0 Å². The molecule has 0 fully saturated rings. The van der Waals surface area contributed by atoms with Gasteiger partial charge in [-0.3, -0.25) is 19.4 Å². The van der Waals surface area contributed by atoms with E-state index >= 15 is 0 Å². The average molecular weight is 766 g/mol. The van der Waals surface area contributed by atoms with Crippen LogP contribution in [0.15, 0.2) is 49.6 Å². The molecule has 1 atom stereocenters. The number of rotatable bonds is 21. The molecule has 0 unspecified atom stereocenters. The van der Waals surface area contributed by atoms with Crippen LogP contribution in [0.2, 0.25) is 0 Å². The first-order chi connectivity index (χ1) is 26.2. The first-order valence-corrected chi connectivity index (χ1v) is 18.2. The number of phenols is 1. The summed E-state index contributed by atoms with van der Waals surface area (Å²) in [5, 5.41) is 17.6. The van der Waals surface area contributed by atoms with E-state index in [4.69, 9.17) is 34.8 Å². The molecule has 0 saturated heterocycles. The standard InChI is InChI=1S/C40H55N5O10/c1-23(2)14-16-25-28(53-20-10-13-33(47)45-27(39(50)52-7)11-8-18-44-40(42)43-5)21-30-35(36(25)48)37(49)34-26(17-15-24(3)4)38(51-6)31(22-29(34)55-30)54-19-9-12-32(41)46/h14-15,21-22,27,48H,8-13,16-20H2,1-7H3,(H2,41,46)(H,45,47)(H3,42,43,44)/t27-/m1/s1. The molecule has 0 bridgehead atoms. The maximum Gasteiger partial charge on any atom is 0.328 e. The zero-order chi connectivity index (χ0) is 40.7. The van der Waals surface area contributed by atoms with E-state index in [0.717, 1.165) is 11.1 Å². The van der Waals surface area contributed by atoms with Gasteiger partial charge in [0.2, 0.25) is 17.2 Å². The number of esters is 1. The fourth-order valence-corrected chi connectivity index (χ4v) is 5.77. The predicted molar refractivity (Wildman–Crippen MR) is 212 cm³/mol. The van der Waals surface area contributed by atoms with Crippen molar-refractivity contribution in [3.63, 3.8) is 0 Å². The zero-order valence-corrected chi connectivity index (χ0v) is 32.9. The Hall–Kier alpha value is -5.73. The molecular weight excluding hydrogens is 710 g/mol. The van der Waals surface area contributed by atoms with Crippen molar-refractivity contribution < 1.29 is 42.9 Å². The topological polar surface area (TPSA) is 227 Å². The highest BCUT2D eigenvalue weighted by Crippen LogP contribution is 2.41. The minimum Gasteiger partial charge on any atom is -0.507 e. The number of carbonyl (C=O) groups excluding carboxylic acids is 3. The lowest BCUT2D eigenvalue weighted by atomic mass is 9.98. The van der Waals surface area contributed by atoms with Crippen molar-refractivity contribution in [3.05, 3.63) is 56.8 Å². The van der Waals surface area contributed by atoms with Crippen molar-refractivity contribution in [1.29, 1.82) is 0 Å². The minimum atomic E-state index is -0.839. The molecule has 55 heavy (non-hydrogen) atoms. The Morgan fingerprint density at radius 2 is 1.49 bits per heavy atom. The molecule has 0 spiro atoms. The van der Waals surface area contributed by atoms with Crippen LogP contribution in [-0.2, 0) is 32.0 Å². The summed E-state index contributed by atoms with van der Waals surface area (Å²) in [6, 6.07) is 2.29. The normalized spacial score (nSPS) is 11.8. The Morgan fingerprint density at radius 3 is 2.09 bits per heavy atom. The number of amides is 2. The summed E-state index contributed by atoms with van der Waals surface area (Å²) in [6.45, 7) is 8.42. The summed E-state index contributed by atoms with van der Waals surface area (Å²) < 4.78 is 29.1. The molecule has 1 aromatic heterocycles. The molecule has 2 aromatic carbocycles. The maximum absolute atomic E-state index is 14.4. The quantitative estimate of drug-likeness (QED) is 0.0253. The van der Waals surface area contributed by atoms with Gasteiger partial charge in [0, 0.05) is 49.7 Å². The van der Waals surface area contributed by atoms with E-state index in [1.165, 1.54) is 14.2 Å². The van der Waals surface area contributed by atoms with Gasteiger partial charge < -0.3 is 50.6 Å². The average Bonchev–Trinajstić information content (AvgIpc) is 3.13. The van der Waals surface area contributed by atoms with Crippen molar-refractivity contribution in [2.24, 2.45) is 16.5 Å². The lowest BCUT2D eigenvalue weighted by Crippen LogP contribution is -2.42. The second-order valence-corrected chi connectivity index (χ2v) is 13.4. The minimum absolute atomic E-state index is 0.0132. The van der Waals surface area contributed by atoms with E-state index in [1.807, 2.05) is 39.8 Å². The third-order valence-electron chi connectivity index (χ3n) is 8.61. The smallest absolute Gasteiger partial charge is 0.328 e. The first-order valence-electron chi connectivity index (χ1n) is 18.2. The number of benzene rings is 2. The van der Waals surface area contributed by atoms with Crippen LogP contribution < -0.4 is 41.7 Å². The van der Waals surface area contributed by atoms with Crippen LogP contribution in [-0.4, -0.2) is 75.9 Å². The molecule has 3 aromatic rings. The molecule has 2 amide bonds. The van der Waals surface area contributed by atoms with Crippen LogP contribution in [0.3, 0.4) is 0 Å². The van der Waals surface area contributed by atoms with E-state index in [0.29, 0.717) is 54.9 Å². The number of aromatic hydroxyl groups is 1. The summed E-state index contributed by atoms with van der Waals surface area (Å²) >= 11 is 0. The number of guanidine groups is 1. The number of hydrogen-bond donors (Lipinski definition) is 5. The molecule has 15 nitrogen and oxygen atoms in total. The molecule has 15 heteroatoms. The first kappa shape index (κ1) is 43.7. The van der Waals surface area contributed by atoms with E-state index in [1.54, 1.807) is 19.2 Å². The number of allylic oxidation sites excluding steroid dienone is 4. The Balaban J connectivity index is 1.97. The Bertz CT molecular complexity index is 1990. The number of ether oxygens (including phenoxy) is 4. The molecular formula is C40H55N5O10. The zero-order valence-electron chi connectivity index (χ0n) is 32.9. The molecule has 0 aliphatic rings. The molecule has 0 aliphatic carbocycles. The summed E-state index contributed by atoms with van der Waals surface area (Å²) in [5.41, 5.74) is 13.7. The maximum atomic E-state index is 14.4. The number of aliphatic imine (C=N–C) groups is 1. The van der Waals surface area contributed by atoms with Crippen molar-refractivity contribution in [2.45, 2.75) is 85.1 Å². The van der Waals surface area contributed by atoms with Gasteiger partial charge in [-0.2, -0.15) is 0 Å². The van der Waals surface area contributed by atoms with Crippen molar-refractivity contribution in [3.8, 4) is 23.0 Å². The van der Waals surface area contributed by atoms with Crippen LogP contribution >= 0.6 is 0 Å². The van der Waals surface area contributed by atoms with Gasteiger partial charge in [-0.05, 0) is 66.2 Å².